The second-order valence-corrected chi connectivity index (χ2v) is 4.60. The standard InChI is InChI=1S/C11H21NO/c13-8-7-11(12-10-5-6-10)9-3-1-2-4-9/h9-13H,1-8H2. The Kier molecular flexibility index (Phi) is 3.23. The fourth-order valence-corrected chi connectivity index (χ4v) is 2.51. The highest BCUT2D eigenvalue weighted by Crippen LogP contribution is 2.31. The molecule has 2 nitrogen and oxygen atoms in total. The fraction of sp³-hybridized carbons (Fsp3) is 1.00. The molecular formula is C11H21NO. The Morgan fingerprint density at radius 3 is 2.38 bits per heavy atom. The van der Waals surface area contributed by atoms with E-state index < -0.39 is 0 Å². The molecule has 0 bridgehead atoms. The molecule has 2 heteroatoms. The van der Waals surface area contributed by atoms with E-state index in [4.69, 9.17) is 5.11 Å². The zero-order chi connectivity index (χ0) is 9.10. The van der Waals surface area contributed by atoms with Crippen molar-refractivity contribution in [2.24, 2.45) is 5.92 Å². The molecule has 0 aliphatic heterocycles. The number of aliphatic hydroxyl groups is 1. The van der Waals surface area contributed by atoms with E-state index in [0.29, 0.717) is 12.6 Å². The van der Waals surface area contributed by atoms with Crippen LogP contribution in [0.4, 0.5) is 0 Å². The molecule has 2 saturated carbocycles. The SMILES string of the molecule is OCCC(NC1CC1)C1CCCC1. The van der Waals surface area contributed by atoms with Crippen molar-refractivity contribution in [3.63, 3.8) is 0 Å². The fourth-order valence-electron chi connectivity index (χ4n) is 2.51. The van der Waals surface area contributed by atoms with Crippen molar-refractivity contribution < 1.29 is 5.11 Å². The summed E-state index contributed by atoms with van der Waals surface area (Å²) in [5.41, 5.74) is 0. The monoisotopic (exact) mass is 183 g/mol. The summed E-state index contributed by atoms with van der Waals surface area (Å²) in [7, 11) is 0. The van der Waals surface area contributed by atoms with Gasteiger partial charge in [-0.1, -0.05) is 12.8 Å². The van der Waals surface area contributed by atoms with Crippen molar-refractivity contribution >= 4 is 0 Å². The maximum absolute atomic E-state index is 8.99. The molecular weight excluding hydrogens is 162 g/mol. The number of hydrogen-bond acceptors (Lipinski definition) is 2. The Morgan fingerprint density at radius 1 is 1.15 bits per heavy atom. The first-order valence-electron chi connectivity index (χ1n) is 5.77. The quantitative estimate of drug-likeness (QED) is 0.679. The van der Waals surface area contributed by atoms with Crippen LogP contribution in [0.5, 0.6) is 0 Å². The highest BCUT2D eigenvalue weighted by atomic mass is 16.3. The van der Waals surface area contributed by atoms with Gasteiger partial charge in [-0.05, 0) is 38.0 Å². The summed E-state index contributed by atoms with van der Waals surface area (Å²) in [5, 5.41) is 12.7. The van der Waals surface area contributed by atoms with Gasteiger partial charge in [0.05, 0.1) is 0 Å². The van der Waals surface area contributed by atoms with Crippen molar-refractivity contribution in [1.29, 1.82) is 0 Å². The minimum atomic E-state index is 0.348. The van der Waals surface area contributed by atoms with Gasteiger partial charge in [0.15, 0.2) is 0 Å². The summed E-state index contributed by atoms with van der Waals surface area (Å²) in [5.74, 6) is 0.854. The number of nitrogens with one attached hydrogen (secondary N) is 1. The molecule has 2 aliphatic carbocycles. The lowest BCUT2D eigenvalue weighted by Crippen LogP contribution is -2.37. The molecule has 0 heterocycles. The van der Waals surface area contributed by atoms with Crippen molar-refractivity contribution in [2.75, 3.05) is 6.61 Å². The summed E-state index contributed by atoms with van der Waals surface area (Å²) in [6, 6.07) is 1.40. The molecule has 0 radical (unpaired) electrons. The van der Waals surface area contributed by atoms with Gasteiger partial charge in [0.25, 0.3) is 0 Å². The molecule has 1 atom stereocenters. The van der Waals surface area contributed by atoms with Crippen LogP contribution < -0.4 is 5.32 Å². The number of rotatable bonds is 5. The number of hydrogen-bond donors (Lipinski definition) is 2. The molecule has 0 aromatic rings. The van der Waals surface area contributed by atoms with Crippen LogP contribution in [0, 0.1) is 5.92 Å². The van der Waals surface area contributed by atoms with E-state index in [1.54, 1.807) is 0 Å². The van der Waals surface area contributed by atoms with Gasteiger partial charge >= 0.3 is 0 Å². The minimum Gasteiger partial charge on any atom is -0.396 e. The molecule has 2 aliphatic rings. The van der Waals surface area contributed by atoms with Crippen LogP contribution in [-0.4, -0.2) is 23.8 Å². The van der Waals surface area contributed by atoms with E-state index in [1.165, 1.54) is 38.5 Å². The minimum absolute atomic E-state index is 0.348. The molecule has 76 valence electrons. The smallest absolute Gasteiger partial charge is 0.0445 e. The van der Waals surface area contributed by atoms with Gasteiger partial charge in [-0.15, -0.1) is 0 Å². The van der Waals surface area contributed by atoms with Crippen molar-refractivity contribution in [3.05, 3.63) is 0 Å². The summed E-state index contributed by atoms with van der Waals surface area (Å²) < 4.78 is 0. The van der Waals surface area contributed by atoms with Crippen molar-refractivity contribution in [3.8, 4) is 0 Å². The van der Waals surface area contributed by atoms with Crippen LogP contribution in [0.2, 0.25) is 0 Å². The van der Waals surface area contributed by atoms with Gasteiger partial charge in [-0.25, -0.2) is 0 Å². The van der Waals surface area contributed by atoms with Gasteiger partial charge in [0, 0.05) is 18.7 Å². The first-order valence-corrected chi connectivity index (χ1v) is 5.77. The topological polar surface area (TPSA) is 32.3 Å². The van der Waals surface area contributed by atoms with Crippen LogP contribution in [0.3, 0.4) is 0 Å². The average molecular weight is 183 g/mol. The van der Waals surface area contributed by atoms with E-state index in [0.717, 1.165) is 18.4 Å². The second-order valence-electron chi connectivity index (χ2n) is 4.60. The van der Waals surface area contributed by atoms with Crippen LogP contribution >= 0.6 is 0 Å². The number of aliphatic hydroxyl groups excluding tert-OH is 1. The Bertz CT molecular complexity index is 150. The largest absolute Gasteiger partial charge is 0.396 e. The second kappa shape index (κ2) is 4.43. The van der Waals surface area contributed by atoms with Gasteiger partial charge in [0.1, 0.15) is 0 Å². The van der Waals surface area contributed by atoms with Crippen LogP contribution in [0.1, 0.15) is 44.9 Å². The Hall–Kier alpha value is -0.0800. The van der Waals surface area contributed by atoms with Crippen molar-refractivity contribution in [2.45, 2.75) is 57.0 Å². The summed E-state index contributed by atoms with van der Waals surface area (Å²) in [4.78, 5) is 0. The van der Waals surface area contributed by atoms with Crippen LogP contribution in [-0.2, 0) is 0 Å². The summed E-state index contributed by atoms with van der Waals surface area (Å²) in [6.07, 6.45) is 9.23. The van der Waals surface area contributed by atoms with Crippen LogP contribution in [0.15, 0.2) is 0 Å². The summed E-state index contributed by atoms with van der Waals surface area (Å²) in [6.45, 7) is 0.348. The Balaban J connectivity index is 1.79. The molecule has 0 amide bonds. The van der Waals surface area contributed by atoms with E-state index in [1.807, 2.05) is 0 Å². The third-order valence-corrected chi connectivity index (χ3v) is 3.44. The third kappa shape index (κ3) is 2.68. The first-order chi connectivity index (χ1) is 6.40. The van der Waals surface area contributed by atoms with E-state index >= 15 is 0 Å². The zero-order valence-corrected chi connectivity index (χ0v) is 8.34. The lowest BCUT2D eigenvalue weighted by Gasteiger charge is -2.23. The first kappa shape index (κ1) is 9.47. The molecule has 2 N–H and O–H groups in total. The van der Waals surface area contributed by atoms with Crippen LogP contribution in [0.25, 0.3) is 0 Å². The van der Waals surface area contributed by atoms with E-state index in [-0.39, 0.29) is 0 Å². The third-order valence-electron chi connectivity index (χ3n) is 3.44. The normalized spacial score (nSPS) is 26.5. The molecule has 2 rings (SSSR count). The molecule has 1 unspecified atom stereocenters. The molecule has 0 aromatic carbocycles. The molecule has 0 saturated heterocycles. The molecule has 13 heavy (non-hydrogen) atoms. The van der Waals surface area contributed by atoms with Gasteiger partial charge in [-0.2, -0.15) is 0 Å². The average Bonchev–Trinajstić information content (AvgIpc) is 2.80. The lowest BCUT2D eigenvalue weighted by molar-refractivity contribution is 0.234. The van der Waals surface area contributed by atoms with E-state index in [9.17, 15) is 0 Å². The van der Waals surface area contributed by atoms with Gasteiger partial charge in [-0.3, -0.25) is 0 Å². The highest BCUT2D eigenvalue weighted by Gasteiger charge is 2.30. The predicted octanol–water partition coefficient (Wildman–Crippen LogP) is 1.68. The predicted molar refractivity (Wildman–Crippen MR) is 53.6 cm³/mol. The lowest BCUT2D eigenvalue weighted by atomic mass is 9.95. The van der Waals surface area contributed by atoms with Gasteiger partial charge < -0.3 is 10.4 Å². The van der Waals surface area contributed by atoms with Crippen molar-refractivity contribution in [1.82, 2.24) is 5.32 Å². The maximum Gasteiger partial charge on any atom is 0.0445 e. The molecule has 2 fully saturated rings. The molecule has 0 spiro atoms. The zero-order valence-electron chi connectivity index (χ0n) is 8.34. The molecule has 0 aromatic heterocycles. The Labute approximate surface area is 80.7 Å². The Morgan fingerprint density at radius 2 is 1.85 bits per heavy atom. The summed E-state index contributed by atoms with van der Waals surface area (Å²) >= 11 is 0. The van der Waals surface area contributed by atoms with Gasteiger partial charge in [0.2, 0.25) is 0 Å². The maximum atomic E-state index is 8.99. The van der Waals surface area contributed by atoms with E-state index in [2.05, 4.69) is 5.32 Å². The highest BCUT2D eigenvalue weighted by molar-refractivity contribution is 4.89.